The van der Waals surface area contributed by atoms with Crippen LogP contribution >= 0.6 is 0 Å². The van der Waals surface area contributed by atoms with Gasteiger partial charge in [0.05, 0.1) is 38.0 Å². The van der Waals surface area contributed by atoms with Crippen LogP contribution in [0.25, 0.3) is 0 Å². The monoisotopic (exact) mass is 1590 g/mol. The molecule has 20 nitrogen and oxygen atoms in total. The van der Waals surface area contributed by atoms with Crippen molar-refractivity contribution >= 4 is 29.9 Å². The molecule has 0 saturated heterocycles. The maximum Gasteiger partial charge on any atom is 0.514 e. The molecule has 0 bridgehead atoms. The second-order valence-corrected chi connectivity index (χ2v) is 31.5. The van der Waals surface area contributed by atoms with E-state index in [-0.39, 0.29) is 62.0 Å². The normalized spacial score (nSPS) is 12.5. The highest BCUT2D eigenvalue weighted by Gasteiger charge is 2.21. The van der Waals surface area contributed by atoms with Gasteiger partial charge in [-0.05, 0) is 140 Å². The van der Waals surface area contributed by atoms with E-state index in [9.17, 15) is 34.4 Å². The van der Waals surface area contributed by atoms with E-state index in [1.807, 2.05) is 0 Å². The molecular formula is C92H177N5O15. The van der Waals surface area contributed by atoms with Crippen molar-refractivity contribution in [2.45, 2.75) is 402 Å². The lowest BCUT2D eigenvalue weighted by molar-refractivity contribution is -0.384. The molecule has 0 aliphatic rings. The van der Waals surface area contributed by atoms with Crippen LogP contribution in [0.15, 0.2) is 24.3 Å². The van der Waals surface area contributed by atoms with E-state index in [1.165, 1.54) is 191 Å². The Balaban J connectivity index is 0. The van der Waals surface area contributed by atoms with Gasteiger partial charge >= 0.3 is 24.2 Å². The molecule has 0 aromatic heterocycles. The lowest BCUT2D eigenvalue weighted by Crippen LogP contribution is -2.38. The SMILES string of the molecule is CCCCCCCCC(CCCCCC)COC(=O)CCCCCCCCC(CCCCCC)OC(=O)OCCN(CCO)CCN(CC)CC.CCCCCCCCC(CCCCCC)COC(=O)CCCCCCCCC(CCCCCC)OC(=O)Oc1ccc([N+](=O)[O-])cc1.CCN(CC)CCN(CCO)CCO. The van der Waals surface area contributed by atoms with E-state index in [1.54, 1.807) is 0 Å². The number of carbonyl (C=O) groups is 4. The van der Waals surface area contributed by atoms with Crippen LogP contribution in [0.5, 0.6) is 5.75 Å². The van der Waals surface area contributed by atoms with Crippen LogP contribution in [0, 0.1) is 22.0 Å². The molecular weight excluding hydrogens is 1420 g/mol. The van der Waals surface area contributed by atoms with Crippen LogP contribution in [0.1, 0.15) is 390 Å². The number of carbonyl (C=O) groups excluding carboxylic acids is 4. The van der Waals surface area contributed by atoms with Crippen LogP contribution in [0.3, 0.4) is 0 Å². The average Bonchev–Trinajstić information content (AvgIpc) is 0.884. The number of unbranched alkanes of at least 4 members (excludes halogenated alkanes) is 32. The summed E-state index contributed by atoms with van der Waals surface area (Å²) in [5.74, 6) is 1.19. The molecule has 0 saturated carbocycles. The van der Waals surface area contributed by atoms with Gasteiger partial charge in [-0.1, -0.05) is 288 Å². The molecule has 4 atom stereocenters. The number of nitro benzene ring substituents is 1. The average molecular weight is 1590 g/mol. The number of rotatable bonds is 79. The molecule has 660 valence electrons. The number of ether oxygens (including phenoxy) is 6. The predicted octanol–water partition coefficient (Wildman–Crippen LogP) is 23.2. The second kappa shape index (κ2) is 84.7. The third kappa shape index (κ3) is 72.3. The Hall–Kier alpha value is -4.18. The largest absolute Gasteiger partial charge is 0.514 e. The Morgan fingerprint density at radius 2 is 0.616 bits per heavy atom. The zero-order valence-electron chi connectivity index (χ0n) is 74.2. The summed E-state index contributed by atoms with van der Waals surface area (Å²) < 4.78 is 33.7. The lowest BCUT2D eigenvalue weighted by Gasteiger charge is -2.25. The molecule has 0 spiro atoms. The maximum absolute atomic E-state index is 12.6. The van der Waals surface area contributed by atoms with Crippen molar-refractivity contribution < 1.29 is 67.8 Å². The highest BCUT2D eigenvalue weighted by atomic mass is 16.7. The minimum Gasteiger partial charge on any atom is -0.465 e. The Bertz CT molecular complexity index is 2190. The summed E-state index contributed by atoms with van der Waals surface area (Å²) in [5.41, 5.74) is -0.0600. The standard InChI is InChI=1S/C43H86N2O6.C39H67NO7.C10H24N2O2/c1-6-11-14-17-20-24-29-40(28-23-15-12-7-2)39-50-42(47)32-27-22-19-18-21-26-31-41(30-25-16-13-8-3)51-43(48)49-38-36-45(35-37-46)34-33-44(9-4)10-5;1-4-7-10-13-16-20-25-34(24-19-11-8-5-2)33-45-38(41)28-23-18-15-14-17-22-27-36(26-21-12-9-6-3)46-39(42)47-37-31-29-35(30-32-37)40(43)44;1-3-11(4-2)5-6-12(7-9-13)8-10-14/h40-41,46H,6-39H2,1-5H3;29-32,34,36H,4-28,33H2,1-3H3;13-14H,3-10H2,1-2H3. The number of nitro groups is 1. The van der Waals surface area contributed by atoms with E-state index in [0.717, 1.165) is 194 Å². The van der Waals surface area contributed by atoms with Crippen molar-refractivity contribution in [1.29, 1.82) is 0 Å². The van der Waals surface area contributed by atoms with Crippen LogP contribution in [0.2, 0.25) is 0 Å². The third-order valence-corrected chi connectivity index (χ3v) is 21.8. The summed E-state index contributed by atoms with van der Waals surface area (Å²) in [5, 5.41) is 37.9. The van der Waals surface area contributed by atoms with E-state index in [2.05, 4.69) is 88.8 Å². The van der Waals surface area contributed by atoms with Crippen molar-refractivity contribution in [1.82, 2.24) is 19.6 Å². The summed E-state index contributed by atoms with van der Waals surface area (Å²) in [6.45, 7) is 34.2. The number of non-ortho nitro benzene ring substituents is 1. The summed E-state index contributed by atoms with van der Waals surface area (Å²) in [6, 6.07) is 5.41. The molecule has 1 aromatic carbocycles. The van der Waals surface area contributed by atoms with Crippen molar-refractivity contribution in [3.63, 3.8) is 0 Å². The number of hydrogen-bond acceptors (Lipinski definition) is 19. The molecule has 0 aliphatic carbocycles. The van der Waals surface area contributed by atoms with Crippen molar-refractivity contribution in [2.75, 3.05) is 118 Å². The first-order chi connectivity index (χ1) is 54.6. The first-order valence-corrected chi connectivity index (χ1v) is 46.6. The van der Waals surface area contributed by atoms with E-state index < -0.39 is 17.2 Å². The molecule has 112 heavy (non-hydrogen) atoms. The molecule has 0 radical (unpaired) electrons. The fourth-order valence-corrected chi connectivity index (χ4v) is 14.2. The first kappa shape index (κ1) is 110. The fraction of sp³-hybridized carbons (Fsp3) is 0.891. The summed E-state index contributed by atoms with van der Waals surface area (Å²) >= 11 is 0. The molecule has 3 N–H and O–H groups in total. The van der Waals surface area contributed by atoms with Crippen molar-refractivity contribution in [2.24, 2.45) is 11.8 Å². The van der Waals surface area contributed by atoms with Crippen LogP contribution in [-0.2, 0) is 33.3 Å². The minimum atomic E-state index is -0.767. The number of aliphatic hydroxyl groups excluding tert-OH is 3. The van der Waals surface area contributed by atoms with Gasteiger partial charge in [0.15, 0.2) is 0 Å². The van der Waals surface area contributed by atoms with Gasteiger partial charge in [0, 0.05) is 77.3 Å². The minimum absolute atomic E-state index is 0.0211. The number of aliphatic hydroxyl groups is 3. The number of hydrogen-bond donors (Lipinski definition) is 3. The number of likely N-dealkylation sites (N-methyl/N-ethyl adjacent to an activating group) is 2. The van der Waals surface area contributed by atoms with E-state index in [4.69, 9.17) is 38.6 Å². The quantitative estimate of drug-likeness (QED) is 0.0137. The van der Waals surface area contributed by atoms with Crippen molar-refractivity contribution in [3.05, 3.63) is 34.4 Å². The highest BCUT2D eigenvalue weighted by Crippen LogP contribution is 2.25. The fourth-order valence-electron chi connectivity index (χ4n) is 14.2. The molecule has 4 unspecified atom stereocenters. The maximum atomic E-state index is 12.6. The van der Waals surface area contributed by atoms with Crippen LogP contribution in [0.4, 0.5) is 15.3 Å². The van der Waals surface area contributed by atoms with E-state index >= 15 is 0 Å². The van der Waals surface area contributed by atoms with Gasteiger partial charge in [0.1, 0.15) is 24.6 Å². The number of esters is 2. The Morgan fingerprint density at radius 3 is 0.929 bits per heavy atom. The molecule has 1 aromatic rings. The first-order valence-electron chi connectivity index (χ1n) is 46.6. The summed E-state index contributed by atoms with van der Waals surface area (Å²) in [7, 11) is 0. The molecule has 0 fully saturated rings. The molecule has 0 amide bonds. The Morgan fingerprint density at radius 1 is 0.339 bits per heavy atom. The zero-order chi connectivity index (χ0) is 82.8. The Kier molecular flexibility index (Phi) is 83.1. The number of nitrogens with zero attached hydrogens (tertiary/aromatic N) is 5. The summed E-state index contributed by atoms with van der Waals surface area (Å²) in [6.07, 6.45) is 54.8. The second-order valence-electron chi connectivity index (χ2n) is 31.5. The smallest absolute Gasteiger partial charge is 0.465 e. The topological polar surface area (TPSA) is 240 Å². The van der Waals surface area contributed by atoms with Gasteiger partial charge in [-0.25, -0.2) is 9.59 Å². The lowest BCUT2D eigenvalue weighted by atomic mass is 9.95. The zero-order valence-corrected chi connectivity index (χ0v) is 74.2. The van der Waals surface area contributed by atoms with Gasteiger partial charge < -0.3 is 53.5 Å². The van der Waals surface area contributed by atoms with Crippen LogP contribution in [-0.4, -0.2) is 194 Å². The van der Waals surface area contributed by atoms with Crippen LogP contribution < -0.4 is 4.74 Å². The molecule has 0 heterocycles. The van der Waals surface area contributed by atoms with Gasteiger partial charge in [-0.15, -0.1) is 0 Å². The highest BCUT2D eigenvalue weighted by molar-refractivity contribution is 5.69. The van der Waals surface area contributed by atoms with Gasteiger partial charge in [0.25, 0.3) is 5.69 Å². The molecule has 0 aliphatic heterocycles. The van der Waals surface area contributed by atoms with Gasteiger partial charge in [0.2, 0.25) is 0 Å². The predicted molar refractivity (Wildman–Crippen MR) is 464 cm³/mol. The van der Waals surface area contributed by atoms with Gasteiger partial charge in [-0.2, -0.15) is 0 Å². The molecule has 20 heteroatoms. The van der Waals surface area contributed by atoms with Gasteiger partial charge in [-0.3, -0.25) is 29.5 Å². The molecule has 1 rings (SSSR count). The summed E-state index contributed by atoms with van der Waals surface area (Å²) in [4.78, 5) is 69.2. The third-order valence-electron chi connectivity index (χ3n) is 21.8. The number of benzene rings is 1. The van der Waals surface area contributed by atoms with E-state index in [0.29, 0.717) is 64.1 Å². The van der Waals surface area contributed by atoms with Crippen molar-refractivity contribution in [3.8, 4) is 5.75 Å². The Labute approximate surface area is 686 Å².